The predicted molar refractivity (Wildman–Crippen MR) is 94.6 cm³/mol. The van der Waals surface area contributed by atoms with E-state index in [0.29, 0.717) is 23.9 Å². The van der Waals surface area contributed by atoms with Gasteiger partial charge in [-0.25, -0.2) is 0 Å². The Kier molecular flexibility index (Phi) is 6.51. The second-order valence-corrected chi connectivity index (χ2v) is 5.12. The van der Waals surface area contributed by atoms with E-state index < -0.39 is 0 Å². The zero-order chi connectivity index (χ0) is 16.5. The summed E-state index contributed by atoms with van der Waals surface area (Å²) in [7, 11) is 1.65. The molecule has 0 amide bonds. The average Bonchev–Trinajstić information content (AvgIpc) is 2.58. The third-order valence-corrected chi connectivity index (χ3v) is 3.32. The molecule has 5 heteroatoms. The predicted octanol–water partition coefficient (Wildman–Crippen LogP) is 4.04. The van der Waals surface area contributed by atoms with Gasteiger partial charge in [0.05, 0.1) is 19.9 Å². The van der Waals surface area contributed by atoms with Crippen LogP contribution in [0.25, 0.3) is 0 Å². The van der Waals surface area contributed by atoms with Gasteiger partial charge in [0.1, 0.15) is 18.1 Å². The van der Waals surface area contributed by atoms with Gasteiger partial charge in [-0.3, -0.25) is 0 Å². The van der Waals surface area contributed by atoms with Crippen molar-refractivity contribution >= 4 is 17.8 Å². The summed E-state index contributed by atoms with van der Waals surface area (Å²) in [5, 5.41) is 4.85. The van der Waals surface area contributed by atoms with Gasteiger partial charge in [-0.1, -0.05) is 42.5 Å². The molecule has 4 nitrogen and oxygen atoms in total. The Morgan fingerprint density at radius 2 is 2.04 bits per heavy atom. The summed E-state index contributed by atoms with van der Waals surface area (Å²) in [5.74, 6) is 1.53. The number of hydrogen-bond acceptors (Lipinski definition) is 4. The zero-order valence-electron chi connectivity index (χ0n) is 13.0. The number of benzene rings is 2. The second-order valence-electron chi connectivity index (χ2n) is 4.69. The van der Waals surface area contributed by atoms with E-state index in [1.54, 1.807) is 31.5 Å². The molecule has 2 aromatic carbocycles. The van der Waals surface area contributed by atoms with Crippen LogP contribution >= 0.6 is 11.6 Å². The quantitative estimate of drug-likeness (QED) is 0.451. The van der Waals surface area contributed by atoms with Gasteiger partial charge in [-0.15, -0.1) is 0 Å². The van der Waals surface area contributed by atoms with Gasteiger partial charge < -0.3 is 14.9 Å². The van der Waals surface area contributed by atoms with Crippen LogP contribution in [0.4, 0.5) is 0 Å². The number of hydrazone groups is 1. The molecule has 0 heterocycles. The molecule has 0 radical (unpaired) electrons. The number of nitrogens with zero attached hydrogens (tertiary/aromatic N) is 1. The van der Waals surface area contributed by atoms with Gasteiger partial charge in [0.2, 0.25) is 0 Å². The third-order valence-electron chi connectivity index (χ3n) is 3.09. The van der Waals surface area contributed by atoms with Crippen molar-refractivity contribution in [1.82, 2.24) is 5.43 Å². The first-order valence-electron chi connectivity index (χ1n) is 7.15. The number of para-hydroxylation sites is 1. The van der Waals surface area contributed by atoms with E-state index in [1.807, 2.05) is 30.3 Å². The largest absolute Gasteiger partial charge is 0.496 e. The van der Waals surface area contributed by atoms with Crippen molar-refractivity contribution in [3.8, 4) is 11.5 Å². The summed E-state index contributed by atoms with van der Waals surface area (Å²) in [6.07, 6.45) is 3.37. The van der Waals surface area contributed by atoms with Crippen molar-refractivity contribution in [2.75, 3.05) is 13.7 Å². The minimum atomic E-state index is 0.428. The van der Waals surface area contributed by atoms with Crippen molar-refractivity contribution in [2.45, 2.75) is 6.54 Å². The number of methoxy groups -OCH3 is 1. The molecule has 23 heavy (non-hydrogen) atoms. The Balaban J connectivity index is 2.02. The normalized spacial score (nSPS) is 10.5. The molecular weight excluding hydrogens is 312 g/mol. The summed E-state index contributed by atoms with van der Waals surface area (Å²) in [5.41, 5.74) is 4.83. The van der Waals surface area contributed by atoms with Crippen LogP contribution in [0.2, 0.25) is 5.02 Å². The molecule has 0 saturated heterocycles. The fraction of sp³-hybridized carbons (Fsp3) is 0.167. The molecule has 0 saturated carbocycles. The first-order chi connectivity index (χ1) is 11.2. The third kappa shape index (κ3) is 5.04. The number of halogens is 1. The van der Waals surface area contributed by atoms with Crippen molar-refractivity contribution in [3.05, 3.63) is 71.3 Å². The lowest BCUT2D eigenvalue weighted by molar-refractivity contribution is 0.362. The monoisotopic (exact) mass is 330 g/mol. The van der Waals surface area contributed by atoms with E-state index in [2.05, 4.69) is 17.1 Å². The number of hydrogen-bond donors (Lipinski definition) is 1. The lowest BCUT2D eigenvalue weighted by Gasteiger charge is -2.08. The molecule has 2 rings (SSSR count). The highest BCUT2D eigenvalue weighted by molar-refractivity contribution is 6.30. The van der Waals surface area contributed by atoms with E-state index in [-0.39, 0.29) is 0 Å². The average molecular weight is 331 g/mol. The van der Waals surface area contributed by atoms with Gasteiger partial charge in [0.25, 0.3) is 0 Å². The summed E-state index contributed by atoms with van der Waals surface area (Å²) >= 11 is 6.02. The van der Waals surface area contributed by atoms with Crippen LogP contribution in [0, 0.1) is 0 Å². The molecule has 2 aromatic rings. The van der Waals surface area contributed by atoms with E-state index in [9.17, 15) is 0 Å². The summed E-state index contributed by atoms with van der Waals surface area (Å²) in [6.45, 7) is 4.63. The van der Waals surface area contributed by atoms with Gasteiger partial charge in [-0.2, -0.15) is 5.10 Å². The maximum atomic E-state index is 6.02. The van der Waals surface area contributed by atoms with E-state index in [1.165, 1.54) is 0 Å². The van der Waals surface area contributed by atoms with Gasteiger partial charge in [-0.05, 0) is 24.3 Å². The highest BCUT2D eigenvalue weighted by Crippen LogP contribution is 2.21. The Bertz CT molecular complexity index is 686. The van der Waals surface area contributed by atoms with Crippen molar-refractivity contribution in [1.29, 1.82) is 0 Å². The fourth-order valence-electron chi connectivity index (χ4n) is 2.00. The molecule has 0 aliphatic carbocycles. The lowest BCUT2D eigenvalue weighted by atomic mass is 10.2. The molecule has 0 bridgehead atoms. The minimum Gasteiger partial charge on any atom is -0.496 e. The molecule has 0 aromatic heterocycles. The Morgan fingerprint density at radius 3 is 2.83 bits per heavy atom. The Labute approximate surface area is 141 Å². The van der Waals surface area contributed by atoms with Crippen molar-refractivity contribution in [2.24, 2.45) is 5.10 Å². The van der Waals surface area contributed by atoms with Crippen LogP contribution in [0.5, 0.6) is 11.5 Å². The molecule has 0 atom stereocenters. The Morgan fingerprint density at radius 1 is 1.22 bits per heavy atom. The topological polar surface area (TPSA) is 42.8 Å². The maximum absolute atomic E-state index is 6.02. The first kappa shape index (κ1) is 16.9. The molecule has 0 aliphatic rings. The smallest absolute Gasteiger partial charge is 0.128 e. The SMILES string of the molecule is C=CCOc1ccc(Cl)cc1/C=N/NCc1ccccc1OC. The fourth-order valence-corrected chi connectivity index (χ4v) is 2.18. The van der Waals surface area contributed by atoms with Crippen LogP contribution in [-0.2, 0) is 6.54 Å². The molecule has 0 aliphatic heterocycles. The highest BCUT2D eigenvalue weighted by Gasteiger charge is 2.03. The first-order valence-corrected chi connectivity index (χ1v) is 7.53. The van der Waals surface area contributed by atoms with Crippen LogP contribution in [0.1, 0.15) is 11.1 Å². The number of nitrogens with one attached hydrogen (secondary N) is 1. The molecule has 1 N–H and O–H groups in total. The van der Waals surface area contributed by atoms with Crippen LogP contribution in [-0.4, -0.2) is 19.9 Å². The Hall–Kier alpha value is -2.46. The van der Waals surface area contributed by atoms with Crippen LogP contribution < -0.4 is 14.9 Å². The molecule has 0 fully saturated rings. The number of rotatable bonds is 8. The minimum absolute atomic E-state index is 0.428. The maximum Gasteiger partial charge on any atom is 0.128 e. The van der Waals surface area contributed by atoms with E-state index >= 15 is 0 Å². The standard InChI is InChI=1S/C18H19ClN2O2/c1-3-10-23-18-9-8-16(19)11-15(18)13-21-20-12-14-6-4-5-7-17(14)22-2/h3-9,11,13,20H,1,10,12H2,2H3/b21-13+. The summed E-state index contributed by atoms with van der Waals surface area (Å²) in [6, 6.07) is 13.2. The molecule has 120 valence electrons. The summed E-state index contributed by atoms with van der Waals surface area (Å²) < 4.78 is 10.9. The van der Waals surface area contributed by atoms with Gasteiger partial charge in [0.15, 0.2) is 0 Å². The molecule has 0 unspecified atom stereocenters. The number of ether oxygens (including phenoxy) is 2. The summed E-state index contributed by atoms with van der Waals surface area (Å²) in [4.78, 5) is 0. The second kappa shape index (κ2) is 8.86. The zero-order valence-corrected chi connectivity index (χ0v) is 13.7. The van der Waals surface area contributed by atoms with Crippen LogP contribution in [0.15, 0.2) is 60.2 Å². The highest BCUT2D eigenvalue weighted by atomic mass is 35.5. The molecule has 0 spiro atoms. The van der Waals surface area contributed by atoms with E-state index in [4.69, 9.17) is 21.1 Å². The van der Waals surface area contributed by atoms with Crippen molar-refractivity contribution in [3.63, 3.8) is 0 Å². The van der Waals surface area contributed by atoms with Gasteiger partial charge >= 0.3 is 0 Å². The van der Waals surface area contributed by atoms with Gasteiger partial charge in [0, 0.05) is 16.1 Å². The van der Waals surface area contributed by atoms with Crippen LogP contribution in [0.3, 0.4) is 0 Å². The lowest BCUT2D eigenvalue weighted by Crippen LogP contribution is -2.07. The van der Waals surface area contributed by atoms with Crippen molar-refractivity contribution < 1.29 is 9.47 Å². The molecular formula is C18H19ClN2O2. The van der Waals surface area contributed by atoms with E-state index in [0.717, 1.165) is 16.9 Å².